The molecule has 1 N–H and O–H groups in total. The van der Waals surface area contributed by atoms with E-state index in [2.05, 4.69) is 92.5 Å². The van der Waals surface area contributed by atoms with Gasteiger partial charge >= 0.3 is 0 Å². The summed E-state index contributed by atoms with van der Waals surface area (Å²) >= 11 is 0. The highest BCUT2D eigenvalue weighted by molar-refractivity contribution is 6.18. The minimum Gasteiger partial charge on any atom is -0.396 e. The maximum atomic E-state index is 14.9. The largest absolute Gasteiger partial charge is 0.396 e. The van der Waals surface area contributed by atoms with E-state index in [0.29, 0.717) is 17.8 Å². The topological polar surface area (TPSA) is 51.5 Å². The lowest BCUT2D eigenvalue weighted by molar-refractivity contribution is -0.140. The Morgan fingerprint density at radius 1 is 1.09 bits per heavy atom. The highest BCUT2D eigenvalue weighted by atomic mass is 16.5. The monoisotopic (exact) mass is 623 g/mol. The molecule has 8 rings (SSSR count). The number of hydrogen-bond acceptors (Lipinski definition) is 3. The molecule has 1 aromatic heterocycles. The van der Waals surface area contributed by atoms with Crippen LogP contribution in [0.15, 0.2) is 24.3 Å². The second-order valence-electron chi connectivity index (χ2n) is 18.5. The number of hydrogen-bond donors (Lipinski definition) is 1. The minimum absolute atomic E-state index is 0.0268. The lowest BCUT2D eigenvalue weighted by atomic mass is 9.39. The normalized spacial score (nSPS) is 41.1. The summed E-state index contributed by atoms with van der Waals surface area (Å²) in [4.78, 5) is 14.9. The third-order valence-electron chi connectivity index (χ3n) is 15.4. The van der Waals surface area contributed by atoms with Crippen molar-refractivity contribution in [2.45, 2.75) is 143 Å². The van der Waals surface area contributed by atoms with E-state index in [-0.39, 0.29) is 57.7 Å². The van der Waals surface area contributed by atoms with Crippen LogP contribution in [0.1, 0.15) is 152 Å². The maximum absolute atomic E-state index is 14.9. The number of Topliss-reactive ketones (excluding diaryl/α,β-unsaturated/α-hetero) is 1. The number of rotatable bonds is 4. The van der Waals surface area contributed by atoms with Crippen molar-refractivity contribution < 1.29 is 14.6 Å². The molecule has 6 aliphatic rings. The van der Waals surface area contributed by atoms with Gasteiger partial charge in [-0.1, -0.05) is 46.8 Å². The van der Waals surface area contributed by atoms with Crippen LogP contribution in [-0.4, -0.2) is 33.3 Å². The average Bonchev–Trinajstić information content (AvgIpc) is 3.62. The SMILES string of the molecule is C=C(C)[C@H]1C(=O)c2c3c(cc4c5c(n1c24)[C@@]1(C)C(CC[C@H]2[C@](C)(CCCO)[C@@H](C)CC[C@@]21C)C5)C1=CC(C)(C)OC(C)(C)C1[C@@H]3C. The van der Waals surface area contributed by atoms with Gasteiger partial charge in [0.05, 0.1) is 16.7 Å². The highest BCUT2D eigenvalue weighted by Gasteiger charge is 2.67. The summed E-state index contributed by atoms with van der Waals surface area (Å²) in [7, 11) is 0. The molecule has 0 spiro atoms. The van der Waals surface area contributed by atoms with Crippen LogP contribution in [0.4, 0.5) is 0 Å². The van der Waals surface area contributed by atoms with Gasteiger partial charge in [-0.15, -0.1) is 0 Å². The van der Waals surface area contributed by atoms with E-state index in [4.69, 9.17) is 4.74 Å². The number of benzene rings is 1. The molecule has 3 heterocycles. The molecule has 4 heteroatoms. The van der Waals surface area contributed by atoms with Crippen LogP contribution in [0.3, 0.4) is 0 Å². The van der Waals surface area contributed by atoms with Crippen molar-refractivity contribution in [2.75, 3.05) is 6.61 Å². The van der Waals surface area contributed by atoms with E-state index in [1.54, 1.807) is 0 Å². The molecule has 1 aromatic carbocycles. The van der Waals surface area contributed by atoms with Crippen LogP contribution in [0.2, 0.25) is 0 Å². The summed E-state index contributed by atoms with van der Waals surface area (Å²) in [6.07, 6.45) is 10.4. The molecule has 2 saturated carbocycles. The van der Waals surface area contributed by atoms with Crippen molar-refractivity contribution in [3.63, 3.8) is 0 Å². The van der Waals surface area contributed by atoms with Crippen molar-refractivity contribution in [3.05, 3.63) is 52.2 Å². The summed E-state index contributed by atoms with van der Waals surface area (Å²) in [5, 5.41) is 11.2. The van der Waals surface area contributed by atoms with Gasteiger partial charge in [0.15, 0.2) is 5.78 Å². The number of ketones is 1. The van der Waals surface area contributed by atoms with E-state index < -0.39 is 0 Å². The third kappa shape index (κ3) is 3.47. The Hall–Kier alpha value is -2.17. The number of allylic oxidation sites excluding steroid dienone is 1. The third-order valence-corrected chi connectivity index (χ3v) is 15.4. The van der Waals surface area contributed by atoms with Crippen molar-refractivity contribution in [1.82, 2.24) is 4.57 Å². The molecule has 4 aliphatic carbocycles. The molecule has 0 radical (unpaired) electrons. The molecule has 0 saturated heterocycles. The molecule has 2 unspecified atom stereocenters. The van der Waals surface area contributed by atoms with Gasteiger partial charge in [-0.05, 0) is 148 Å². The quantitative estimate of drug-likeness (QED) is 0.345. The van der Waals surface area contributed by atoms with E-state index >= 15 is 0 Å². The van der Waals surface area contributed by atoms with Crippen molar-refractivity contribution in [3.8, 4) is 0 Å². The van der Waals surface area contributed by atoms with Crippen LogP contribution >= 0.6 is 0 Å². The lowest BCUT2D eigenvalue weighted by Gasteiger charge is -2.65. The summed E-state index contributed by atoms with van der Waals surface area (Å²) < 4.78 is 9.25. The van der Waals surface area contributed by atoms with Gasteiger partial charge in [0.25, 0.3) is 0 Å². The first-order chi connectivity index (χ1) is 21.4. The fourth-order valence-corrected chi connectivity index (χ4v) is 13.5. The Labute approximate surface area is 277 Å². The highest BCUT2D eigenvalue weighted by Crippen LogP contribution is 2.72. The molecule has 2 aliphatic heterocycles. The van der Waals surface area contributed by atoms with E-state index in [1.807, 2.05) is 0 Å². The van der Waals surface area contributed by atoms with Gasteiger partial charge in [0, 0.05) is 34.6 Å². The molecule has 2 aromatic rings. The number of aromatic nitrogens is 1. The molecular weight excluding hydrogens is 566 g/mol. The van der Waals surface area contributed by atoms with E-state index in [1.165, 1.54) is 64.5 Å². The zero-order chi connectivity index (χ0) is 33.1. The van der Waals surface area contributed by atoms with Gasteiger partial charge in [0.1, 0.15) is 6.04 Å². The fourth-order valence-electron chi connectivity index (χ4n) is 13.5. The molecule has 0 amide bonds. The van der Waals surface area contributed by atoms with Gasteiger partial charge in [-0.25, -0.2) is 0 Å². The number of ether oxygens (including phenoxy) is 1. The number of aliphatic hydroxyl groups excluding tert-OH is 1. The standard InChI is InChI=1S/C42H57NO3/c1-22(2)34-36(45)32-31-24(4)33-29(21-38(5,6)46-39(33,7)8)26(31)20-27-28-19-25-13-14-30-40(9,16-12-18-44)23(3)15-17-41(30,10)42(25,11)37(28)43(34)35(27)32/h20-21,23-25,30,33-34,44H,1,12-19H2,2-11H3/t23-,24+,25?,30-,33?,34-,40+,41-,42+/m0/s1. The van der Waals surface area contributed by atoms with E-state index in [9.17, 15) is 9.90 Å². The van der Waals surface area contributed by atoms with Crippen LogP contribution in [0.25, 0.3) is 16.5 Å². The first-order valence-electron chi connectivity index (χ1n) is 18.4. The molecule has 0 bridgehead atoms. The molecule has 248 valence electrons. The van der Waals surface area contributed by atoms with Gasteiger partial charge in [0.2, 0.25) is 0 Å². The molecule has 9 atom stereocenters. The van der Waals surface area contributed by atoms with Crippen molar-refractivity contribution in [1.29, 1.82) is 0 Å². The predicted molar refractivity (Wildman–Crippen MR) is 187 cm³/mol. The number of aliphatic hydroxyl groups is 1. The summed E-state index contributed by atoms with van der Waals surface area (Å²) in [5.41, 5.74) is 9.65. The zero-order valence-electron chi connectivity index (χ0n) is 30.2. The Morgan fingerprint density at radius 2 is 1.80 bits per heavy atom. The second-order valence-corrected chi connectivity index (χ2v) is 18.5. The second kappa shape index (κ2) is 9.29. The Morgan fingerprint density at radius 3 is 2.48 bits per heavy atom. The lowest BCUT2D eigenvalue weighted by Crippen LogP contribution is -2.61. The van der Waals surface area contributed by atoms with Crippen LogP contribution in [0.5, 0.6) is 0 Å². The fraction of sp³-hybridized carbons (Fsp3) is 0.690. The maximum Gasteiger partial charge on any atom is 0.192 e. The van der Waals surface area contributed by atoms with Gasteiger partial charge in [-0.3, -0.25) is 4.79 Å². The van der Waals surface area contributed by atoms with E-state index in [0.717, 1.165) is 30.4 Å². The van der Waals surface area contributed by atoms with Crippen LogP contribution in [-0.2, 0) is 16.6 Å². The van der Waals surface area contributed by atoms with Crippen LogP contribution in [0, 0.1) is 34.5 Å². The first-order valence-corrected chi connectivity index (χ1v) is 18.4. The smallest absolute Gasteiger partial charge is 0.192 e. The number of nitrogens with zero attached hydrogens (tertiary/aromatic N) is 1. The van der Waals surface area contributed by atoms with Gasteiger partial charge < -0.3 is 14.4 Å². The number of carbonyl (C=O) groups is 1. The van der Waals surface area contributed by atoms with Gasteiger partial charge in [-0.2, -0.15) is 0 Å². The number of carbonyl (C=O) groups excluding carboxylic acids is 1. The molecular formula is C42H57NO3. The average molecular weight is 624 g/mol. The summed E-state index contributed by atoms with van der Waals surface area (Å²) in [6, 6.07) is 2.19. The first kappa shape index (κ1) is 31.1. The van der Waals surface area contributed by atoms with Crippen molar-refractivity contribution >= 4 is 22.3 Å². The number of fused-ring (bicyclic) bond motifs is 11. The Kier molecular flexibility index (Phi) is 6.28. The zero-order valence-corrected chi connectivity index (χ0v) is 30.2. The summed E-state index contributed by atoms with van der Waals surface area (Å²) in [6.45, 7) is 28.3. The Balaban J connectivity index is 1.40. The summed E-state index contributed by atoms with van der Waals surface area (Å²) in [5.74, 6) is 2.49. The van der Waals surface area contributed by atoms with Crippen molar-refractivity contribution in [2.24, 2.45) is 34.5 Å². The Bertz CT molecular complexity index is 1750. The molecule has 2 fully saturated rings. The minimum atomic E-state index is -0.364. The predicted octanol–water partition coefficient (Wildman–Crippen LogP) is 9.71. The molecule has 4 nitrogen and oxygen atoms in total. The van der Waals surface area contributed by atoms with Crippen LogP contribution < -0.4 is 0 Å². The molecule has 46 heavy (non-hydrogen) atoms.